The number of benzene rings is 10. The van der Waals surface area contributed by atoms with E-state index in [1.54, 1.807) is 0 Å². The predicted molar refractivity (Wildman–Crippen MR) is 260 cm³/mol. The van der Waals surface area contributed by atoms with Crippen molar-refractivity contribution in [1.29, 1.82) is 0 Å². The molecule has 10 aromatic rings. The molecule has 0 aliphatic heterocycles. The van der Waals surface area contributed by atoms with Crippen molar-refractivity contribution in [3.05, 3.63) is 358 Å². The maximum absolute atomic E-state index is 4.38. The smallest absolute Gasteiger partial charge is 0.0622 e. The van der Waals surface area contributed by atoms with Gasteiger partial charge in [-0.25, -0.2) is 0 Å². The van der Waals surface area contributed by atoms with Gasteiger partial charge in [0, 0.05) is 0 Å². The van der Waals surface area contributed by atoms with E-state index in [1.165, 1.54) is 16.7 Å². The Morgan fingerprint density at radius 1 is 0.175 bits per heavy atom. The third-order valence-corrected chi connectivity index (χ3v) is 13.0. The maximum Gasteiger partial charge on any atom is 0.0707 e. The first kappa shape index (κ1) is 39.3. The molecule has 0 nitrogen and oxygen atoms in total. The lowest BCUT2D eigenvalue weighted by Gasteiger charge is -2.43. The topological polar surface area (TPSA) is 0 Å². The molecule has 10 rings (SSSR count). The van der Waals surface area contributed by atoms with Crippen molar-refractivity contribution in [2.45, 2.75) is 16.2 Å². The van der Waals surface area contributed by atoms with E-state index in [0.29, 0.717) is 0 Å². The van der Waals surface area contributed by atoms with Crippen molar-refractivity contribution in [3.63, 3.8) is 0 Å². The van der Waals surface area contributed by atoms with Gasteiger partial charge in [-0.15, -0.1) is 0 Å². The summed E-state index contributed by atoms with van der Waals surface area (Å²) in [5, 5.41) is 0. The number of hydrogen-bond acceptors (Lipinski definition) is 0. The van der Waals surface area contributed by atoms with Crippen LogP contribution in [0.1, 0.15) is 66.8 Å². The number of hydrogen-bond donors (Lipinski definition) is 0. The monoisotopic (exact) mass is 803 g/mol. The molecule has 0 aliphatic rings. The van der Waals surface area contributed by atoms with Gasteiger partial charge in [-0.2, -0.15) is 0 Å². The molecule has 10 aromatic carbocycles. The van der Waals surface area contributed by atoms with Crippen LogP contribution in [0.2, 0.25) is 0 Å². The molecule has 0 N–H and O–H groups in total. The first-order valence-corrected chi connectivity index (χ1v) is 21.9. The van der Waals surface area contributed by atoms with Crippen LogP contribution in [0.5, 0.6) is 0 Å². The zero-order valence-corrected chi connectivity index (χ0v) is 35.1. The zero-order chi connectivity index (χ0) is 42.4. The SMILES string of the molecule is [c]1c(C(c2ccccc2)(c2ccccc2)c2ccccc2)cc(C(c2ccccc2)(c2ccccc2)c2ccccc2)cc1C(c1ccccc1)(c1ccccc1)c1ccccc1. The normalized spacial score (nSPS) is 11.8. The Bertz CT molecular complexity index is 2350. The van der Waals surface area contributed by atoms with E-state index in [1.807, 2.05) is 0 Å². The van der Waals surface area contributed by atoms with Crippen molar-refractivity contribution in [3.8, 4) is 0 Å². The molecule has 0 amide bonds. The van der Waals surface area contributed by atoms with Crippen molar-refractivity contribution in [2.24, 2.45) is 0 Å². The third kappa shape index (κ3) is 6.72. The second-order valence-corrected chi connectivity index (χ2v) is 16.2. The molecular weight excluding hydrogens is 757 g/mol. The molecular formula is C63H47. The van der Waals surface area contributed by atoms with Gasteiger partial charge in [0.15, 0.2) is 0 Å². The molecule has 0 aromatic heterocycles. The van der Waals surface area contributed by atoms with E-state index in [-0.39, 0.29) is 0 Å². The Morgan fingerprint density at radius 2 is 0.333 bits per heavy atom. The second kappa shape index (κ2) is 17.3. The van der Waals surface area contributed by atoms with Gasteiger partial charge in [0.1, 0.15) is 0 Å². The molecule has 0 aliphatic carbocycles. The van der Waals surface area contributed by atoms with Crippen LogP contribution in [0.4, 0.5) is 0 Å². The Balaban J connectivity index is 1.48. The van der Waals surface area contributed by atoms with Gasteiger partial charge >= 0.3 is 0 Å². The van der Waals surface area contributed by atoms with Gasteiger partial charge < -0.3 is 0 Å². The van der Waals surface area contributed by atoms with Crippen LogP contribution in [0.25, 0.3) is 0 Å². The molecule has 0 saturated carbocycles. The summed E-state index contributed by atoms with van der Waals surface area (Å²) >= 11 is 0. The zero-order valence-electron chi connectivity index (χ0n) is 35.1. The Hall–Kier alpha value is -7.80. The average Bonchev–Trinajstić information content (AvgIpc) is 3.38. The van der Waals surface area contributed by atoms with E-state index in [2.05, 4.69) is 291 Å². The van der Waals surface area contributed by atoms with Gasteiger partial charge in [0.25, 0.3) is 0 Å². The van der Waals surface area contributed by atoms with Crippen molar-refractivity contribution in [1.82, 2.24) is 0 Å². The van der Waals surface area contributed by atoms with Crippen molar-refractivity contribution in [2.75, 3.05) is 0 Å². The highest BCUT2D eigenvalue weighted by Crippen LogP contribution is 2.53. The standard InChI is InChI=1S/C63H47/c1-10-28-49(29-11-1)61(50-30-12-2-13-31-50,51-32-14-3-15-33-51)58-46-59(62(52-34-16-4-17-35-52,53-36-18-5-19-37-53)54-38-20-6-21-39-54)48-60(47-58)63(55-40-22-7-23-41-55,56-42-24-8-25-43-56)57-44-26-9-27-45-57/h1-47H. The Labute approximate surface area is 372 Å². The van der Waals surface area contributed by atoms with Gasteiger partial charge in [0.2, 0.25) is 0 Å². The van der Waals surface area contributed by atoms with E-state index in [9.17, 15) is 0 Å². The van der Waals surface area contributed by atoms with E-state index in [0.717, 1.165) is 50.1 Å². The lowest BCUT2D eigenvalue weighted by Crippen LogP contribution is -2.37. The maximum atomic E-state index is 4.38. The van der Waals surface area contributed by atoms with Crippen LogP contribution < -0.4 is 0 Å². The summed E-state index contributed by atoms with van der Waals surface area (Å²) in [7, 11) is 0. The van der Waals surface area contributed by atoms with Crippen molar-refractivity contribution >= 4 is 0 Å². The largest absolute Gasteiger partial charge is 0.0707 e. The second-order valence-electron chi connectivity index (χ2n) is 16.2. The van der Waals surface area contributed by atoms with Crippen LogP contribution >= 0.6 is 0 Å². The summed E-state index contributed by atoms with van der Waals surface area (Å²) in [4.78, 5) is 0. The molecule has 63 heavy (non-hydrogen) atoms. The summed E-state index contributed by atoms with van der Waals surface area (Å²) in [6.07, 6.45) is 0. The van der Waals surface area contributed by atoms with Gasteiger partial charge in [-0.3, -0.25) is 0 Å². The molecule has 299 valence electrons. The Morgan fingerprint density at radius 3 is 0.508 bits per heavy atom. The minimum atomic E-state index is -0.792. The highest BCUT2D eigenvalue weighted by molar-refractivity contribution is 5.69. The molecule has 0 bridgehead atoms. The van der Waals surface area contributed by atoms with Crippen LogP contribution in [0.3, 0.4) is 0 Å². The molecule has 0 heteroatoms. The molecule has 1 radical (unpaired) electrons. The molecule has 0 unspecified atom stereocenters. The summed E-state index contributed by atoms with van der Waals surface area (Å²) in [5.41, 5.74) is 11.4. The van der Waals surface area contributed by atoms with Gasteiger partial charge in [-0.05, 0) is 72.8 Å². The highest BCUT2D eigenvalue weighted by Gasteiger charge is 2.46. The lowest BCUT2D eigenvalue weighted by molar-refractivity contribution is 0.691. The van der Waals surface area contributed by atoms with E-state index >= 15 is 0 Å². The molecule has 0 heterocycles. The minimum absolute atomic E-state index is 0.756. The summed E-state index contributed by atoms with van der Waals surface area (Å²) < 4.78 is 0. The van der Waals surface area contributed by atoms with Gasteiger partial charge in [-0.1, -0.05) is 285 Å². The molecule has 0 atom stereocenters. The summed E-state index contributed by atoms with van der Waals surface area (Å²) in [6.45, 7) is 0. The van der Waals surface area contributed by atoms with Crippen LogP contribution in [0, 0.1) is 6.07 Å². The van der Waals surface area contributed by atoms with Crippen LogP contribution in [-0.2, 0) is 16.2 Å². The highest BCUT2D eigenvalue weighted by atomic mass is 14.5. The predicted octanol–water partition coefficient (Wildman–Crippen LogP) is 14.6. The van der Waals surface area contributed by atoms with Gasteiger partial charge in [0.05, 0.1) is 16.2 Å². The van der Waals surface area contributed by atoms with E-state index in [4.69, 9.17) is 0 Å². The van der Waals surface area contributed by atoms with Crippen molar-refractivity contribution < 1.29 is 0 Å². The molecule has 0 fully saturated rings. The van der Waals surface area contributed by atoms with E-state index < -0.39 is 16.2 Å². The Kier molecular flexibility index (Phi) is 10.8. The fourth-order valence-corrected chi connectivity index (χ4v) is 10.3. The fraction of sp³-hybridized carbons (Fsp3) is 0.0476. The lowest BCUT2D eigenvalue weighted by atomic mass is 9.58. The quantitative estimate of drug-likeness (QED) is 0.108. The third-order valence-electron chi connectivity index (χ3n) is 13.0. The summed E-state index contributed by atoms with van der Waals surface area (Å²) in [5.74, 6) is 0. The fourth-order valence-electron chi connectivity index (χ4n) is 10.3. The molecule has 0 spiro atoms. The first-order valence-electron chi connectivity index (χ1n) is 21.9. The van der Waals surface area contributed by atoms with Crippen LogP contribution in [0.15, 0.2) is 285 Å². The molecule has 0 saturated heterocycles. The first-order chi connectivity index (χ1) is 31.3. The average molecular weight is 804 g/mol. The minimum Gasteiger partial charge on any atom is -0.0622 e. The van der Waals surface area contributed by atoms with Crippen LogP contribution in [-0.4, -0.2) is 0 Å². The number of rotatable bonds is 12. The summed E-state index contributed by atoms with van der Waals surface area (Å²) in [6, 6.07) is 109.